The lowest BCUT2D eigenvalue weighted by Crippen LogP contribution is -2.09. The first-order valence-corrected chi connectivity index (χ1v) is 23.8. The van der Waals surface area contributed by atoms with Crippen LogP contribution in [0.4, 0.5) is 34.1 Å². The molecule has 0 heterocycles. The molecule has 350 valence electrons. The van der Waals surface area contributed by atoms with Crippen molar-refractivity contribution < 1.29 is 19.1 Å². The molecule has 0 amide bonds. The number of para-hydroxylation sites is 3. The van der Waals surface area contributed by atoms with Crippen molar-refractivity contribution in [1.29, 1.82) is 0 Å². The summed E-state index contributed by atoms with van der Waals surface area (Å²) in [5.41, 5.74) is 14.5. The summed E-state index contributed by atoms with van der Waals surface area (Å²) < 4.78 is 10.4. The number of nitrogens with zero attached hydrogens (tertiary/aromatic N) is 2. The minimum absolute atomic E-state index is 0.389. The zero-order chi connectivity index (χ0) is 49.2. The van der Waals surface area contributed by atoms with Crippen molar-refractivity contribution in [2.24, 2.45) is 0 Å². The van der Waals surface area contributed by atoms with Crippen molar-refractivity contribution in [3.8, 4) is 22.6 Å². The van der Waals surface area contributed by atoms with Gasteiger partial charge in [0.15, 0.2) is 0 Å². The third-order valence-electron chi connectivity index (χ3n) is 11.9. The molecule has 0 bridgehead atoms. The van der Waals surface area contributed by atoms with Crippen LogP contribution in [0.5, 0.6) is 11.5 Å². The van der Waals surface area contributed by atoms with Gasteiger partial charge in [-0.2, -0.15) is 0 Å². The van der Waals surface area contributed by atoms with Gasteiger partial charge in [0.2, 0.25) is 0 Å². The molecule has 0 unspecified atom stereocenters. The van der Waals surface area contributed by atoms with Gasteiger partial charge in [-0.3, -0.25) is 0 Å². The van der Waals surface area contributed by atoms with E-state index in [0.717, 1.165) is 65.9 Å². The van der Waals surface area contributed by atoms with Crippen LogP contribution in [-0.4, -0.2) is 11.9 Å². The van der Waals surface area contributed by atoms with Crippen molar-refractivity contribution >= 4 is 46.1 Å². The highest BCUT2D eigenvalue weighted by molar-refractivity contribution is 5.88. The van der Waals surface area contributed by atoms with E-state index in [-0.39, 0.29) is 0 Å². The Balaban J connectivity index is 0.000000192. The highest BCUT2D eigenvalue weighted by Gasteiger charge is 2.14. The van der Waals surface area contributed by atoms with Crippen LogP contribution in [0.15, 0.2) is 267 Å². The van der Waals surface area contributed by atoms with Gasteiger partial charge in [0.25, 0.3) is 0 Å². The van der Waals surface area contributed by atoms with Crippen LogP contribution in [0.3, 0.4) is 0 Å². The van der Waals surface area contributed by atoms with Gasteiger partial charge >= 0.3 is 11.9 Å². The summed E-state index contributed by atoms with van der Waals surface area (Å²) in [7, 11) is 0. The highest BCUT2D eigenvalue weighted by Crippen LogP contribution is 2.37. The fourth-order valence-corrected chi connectivity index (χ4v) is 8.06. The summed E-state index contributed by atoms with van der Waals surface area (Å²) in [6, 6.07) is 83.2. The molecule has 71 heavy (non-hydrogen) atoms. The van der Waals surface area contributed by atoms with Crippen LogP contribution in [0, 0.1) is 0 Å². The first-order chi connectivity index (χ1) is 34.8. The lowest BCUT2D eigenvalue weighted by atomic mass is 10.0. The van der Waals surface area contributed by atoms with Gasteiger partial charge in [-0.25, -0.2) is 9.59 Å². The van der Waals surface area contributed by atoms with E-state index < -0.39 is 11.9 Å². The Morgan fingerprint density at radius 2 is 0.662 bits per heavy atom. The first kappa shape index (κ1) is 48.5. The third-order valence-corrected chi connectivity index (χ3v) is 11.9. The molecule has 6 heteroatoms. The van der Waals surface area contributed by atoms with Crippen molar-refractivity contribution in [2.75, 3.05) is 9.80 Å². The molecule has 0 aliphatic rings. The number of benzene rings is 9. The molecule has 6 nitrogen and oxygen atoms in total. The monoisotopic (exact) mass is 928 g/mol. The van der Waals surface area contributed by atoms with Crippen LogP contribution in [0.25, 0.3) is 11.1 Å². The fraction of sp³-hybridized carbons (Fsp3) is 0.0769. The molecule has 0 spiro atoms. The summed E-state index contributed by atoms with van der Waals surface area (Å²) >= 11 is 0. The van der Waals surface area contributed by atoms with Crippen molar-refractivity contribution in [3.05, 3.63) is 290 Å². The minimum atomic E-state index is -0.450. The quantitative estimate of drug-likeness (QED) is 0.0515. The van der Waals surface area contributed by atoms with Gasteiger partial charge in [-0.1, -0.05) is 159 Å². The van der Waals surface area contributed by atoms with E-state index in [1.54, 1.807) is 6.92 Å². The maximum atomic E-state index is 11.6. The standard InChI is InChI=1S/C35H29NO2.C30H27NO2/c1-2-35(37)38-34-25-17-28(18-26-34)14-13-27-15-21-32(22-16-27)36(31-11-7-4-8-12-31)33-23-19-30(20-24-33)29-9-5-3-6-10-29;1-23(2)30(32)33-29-21-17-25(18-22-29)14-13-24-15-19-28(20-16-24)31(26-9-5-3-6-10-26)27-11-7-4-8-12-27/h2-12,15-26H,1,13-14H2;3-12,15-22H,1,13-14H2,2H3. The maximum absolute atomic E-state index is 11.6. The molecular weight excluding hydrogens is 873 g/mol. The largest absolute Gasteiger partial charge is 0.423 e. The van der Waals surface area contributed by atoms with E-state index in [9.17, 15) is 9.59 Å². The van der Waals surface area contributed by atoms with E-state index in [1.165, 1.54) is 33.4 Å². The molecule has 0 radical (unpaired) electrons. The van der Waals surface area contributed by atoms with Gasteiger partial charge in [0.1, 0.15) is 11.5 Å². The number of rotatable bonds is 17. The number of esters is 2. The van der Waals surface area contributed by atoms with Crippen LogP contribution in [0.2, 0.25) is 0 Å². The maximum Gasteiger partial charge on any atom is 0.338 e. The molecule has 0 N–H and O–H groups in total. The Morgan fingerprint density at radius 3 is 1.00 bits per heavy atom. The van der Waals surface area contributed by atoms with Crippen LogP contribution in [-0.2, 0) is 35.3 Å². The van der Waals surface area contributed by atoms with E-state index >= 15 is 0 Å². The predicted octanol–water partition coefficient (Wildman–Crippen LogP) is 16.1. The molecule has 0 aromatic heterocycles. The third kappa shape index (κ3) is 13.6. The normalized spacial score (nSPS) is 10.5. The first-order valence-electron chi connectivity index (χ1n) is 23.8. The highest BCUT2D eigenvalue weighted by atomic mass is 16.5. The summed E-state index contributed by atoms with van der Waals surface area (Å²) in [5.74, 6) is 0.219. The molecule has 9 aromatic carbocycles. The van der Waals surface area contributed by atoms with Crippen LogP contribution in [0.1, 0.15) is 29.2 Å². The summed E-state index contributed by atoms with van der Waals surface area (Å²) in [4.78, 5) is 27.5. The molecule has 0 aliphatic carbocycles. The predicted molar refractivity (Wildman–Crippen MR) is 292 cm³/mol. The zero-order valence-electron chi connectivity index (χ0n) is 39.9. The zero-order valence-corrected chi connectivity index (χ0v) is 39.9. The van der Waals surface area contributed by atoms with Crippen LogP contribution >= 0.6 is 0 Å². The number of carbonyl (C=O) groups is 2. The fourth-order valence-electron chi connectivity index (χ4n) is 8.06. The second-order valence-electron chi connectivity index (χ2n) is 17.0. The average molecular weight is 929 g/mol. The number of carbonyl (C=O) groups excluding carboxylic acids is 2. The smallest absolute Gasteiger partial charge is 0.338 e. The van der Waals surface area contributed by atoms with E-state index in [4.69, 9.17) is 9.47 Å². The number of aryl methyl sites for hydroxylation is 4. The lowest BCUT2D eigenvalue weighted by molar-refractivity contribution is -0.130. The van der Waals surface area contributed by atoms with Gasteiger partial charge in [-0.05, 0) is 163 Å². The van der Waals surface area contributed by atoms with E-state index in [2.05, 4.69) is 193 Å². The molecule has 0 saturated heterocycles. The van der Waals surface area contributed by atoms with Gasteiger partial charge < -0.3 is 19.3 Å². The van der Waals surface area contributed by atoms with Crippen molar-refractivity contribution in [1.82, 2.24) is 0 Å². The summed E-state index contributed by atoms with van der Waals surface area (Å²) in [6.45, 7) is 8.67. The van der Waals surface area contributed by atoms with Crippen molar-refractivity contribution in [2.45, 2.75) is 32.6 Å². The second kappa shape index (κ2) is 24.3. The Labute approximate surface area is 418 Å². The lowest BCUT2D eigenvalue weighted by Gasteiger charge is -2.26. The Morgan fingerprint density at radius 1 is 0.380 bits per heavy atom. The topological polar surface area (TPSA) is 59.1 Å². The average Bonchev–Trinajstić information content (AvgIpc) is 3.43. The number of ether oxygens (including phenoxy) is 2. The van der Waals surface area contributed by atoms with Crippen LogP contribution < -0.4 is 19.3 Å². The van der Waals surface area contributed by atoms with Gasteiger partial charge in [0, 0.05) is 45.8 Å². The summed E-state index contributed by atoms with van der Waals surface area (Å²) in [6.07, 6.45) is 4.83. The Hall–Kier alpha value is -9.00. The molecule has 0 atom stereocenters. The number of anilines is 6. The molecule has 0 aliphatic heterocycles. The molecule has 0 fully saturated rings. The molecule has 0 saturated carbocycles. The Kier molecular flexibility index (Phi) is 16.6. The SMILES string of the molecule is C=C(C)C(=O)Oc1ccc(CCc2ccc(N(c3ccccc3)c3ccccc3)cc2)cc1.C=CC(=O)Oc1ccc(CCc2ccc(N(c3ccccc3)c3ccc(-c4ccccc4)cc3)cc2)cc1. The summed E-state index contributed by atoms with van der Waals surface area (Å²) in [5, 5.41) is 0. The molecule has 9 rings (SSSR count). The van der Waals surface area contributed by atoms with E-state index in [0.29, 0.717) is 17.1 Å². The molecule has 9 aromatic rings. The second-order valence-corrected chi connectivity index (χ2v) is 17.0. The molecular formula is C65H56N2O4. The number of hydrogen-bond donors (Lipinski definition) is 0. The Bertz CT molecular complexity index is 3060. The number of hydrogen-bond acceptors (Lipinski definition) is 6. The van der Waals surface area contributed by atoms with Crippen molar-refractivity contribution in [3.63, 3.8) is 0 Å². The van der Waals surface area contributed by atoms with E-state index in [1.807, 2.05) is 72.8 Å². The van der Waals surface area contributed by atoms with Gasteiger partial charge in [0.05, 0.1) is 0 Å². The van der Waals surface area contributed by atoms with Gasteiger partial charge in [-0.15, -0.1) is 0 Å². The minimum Gasteiger partial charge on any atom is -0.423 e.